The van der Waals surface area contributed by atoms with Gasteiger partial charge in [-0.15, -0.1) is 22.7 Å². The Balaban J connectivity index is 1.75. The second kappa shape index (κ2) is 10.2. The number of allylic oxidation sites excluding steroid dienone is 3. The number of fused-ring (bicyclic) bond motifs is 1. The van der Waals surface area contributed by atoms with Gasteiger partial charge < -0.3 is 9.64 Å². The van der Waals surface area contributed by atoms with Gasteiger partial charge in [-0.2, -0.15) is 0 Å². The summed E-state index contributed by atoms with van der Waals surface area (Å²) in [6.07, 6.45) is 8.45. The third-order valence-corrected chi connectivity index (χ3v) is 7.96. The summed E-state index contributed by atoms with van der Waals surface area (Å²) in [4.78, 5) is 7.31. The van der Waals surface area contributed by atoms with Crippen LogP contribution in [0.25, 0.3) is 36.5 Å². The molecule has 0 unspecified atom stereocenters. The van der Waals surface area contributed by atoms with Gasteiger partial charge in [-0.25, -0.2) is 0 Å². The summed E-state index contributed by atoms with van der Waals surface area (Å²) in [6.45, 7) is 2.20. The predicted octanol–water partition coefficient (Wildman–Crippen LogP) is 8.71. The Kier molecular flexibility index (Phi) is 7.13. The van der Waals surface area contributed by atoms with E-state index >= 15 is 0 Å². The first-order valence-electron chi connectivity index (χ1n) is 10.9. The van der Waals surface area contributed by atoms with E-state index in [1.165, 1.54) is 41.5 Å². The molecule has 0 amide bonds. The molecule has 0 N–H and O–H groups in total. The largest absolute Gasteiger partial charge is 0.504 e. The summed E-state index contributed by atoms with van der Waals surface area (Å²) in [5, 5.41) is 2.63. The molecular formula is C28H29NOS2. The zero-order chi connectivity index (χ0) is 22.5. The number of ether oxygens (including phenoxy) is 1. The Bertz CT molecular complexity index is 1240. The van der Waals surface area contributed by atoms with E-state index in [4.69, 9.17) is 4.74 Å². The zero-order valence-corrected chi connectivity index (χ0v) is 20.7. The SMILES string of the molecule is CCC/C=C\C(=C\OC)c1ccc(-c2sc(-c3ccc(N(C)C)cc3)c3ccccc23)s1. The molecule has 0 aliphatic rings. The van der Waals surface area contributed by atoms with Crippen molar-refractivity contribution in [3.63, 3.8) is 0 Å². The van der Waals surface area contributed by atoms with Crippen LogP contribution >= 0.6 is 22.7 Å². The number of nitrogens with zero attached hydrogens (tertiary/aromatic N) is 1. The molecule has 164 valence electrons. The molecule has 0 aliphatic heterocycles. The van der Waals surface area contributed by atoms with Crippen LogP contribution in [0.1, 0.15) is 24.6 Å². The van der Waals surface area contributed by atoms with E-state index in [0.29, 0.717) is 0 Å². The van der Waals surface area contributed by atoms with Crippen LogP contribution in [0.15, 0.2) is 79.1 Å². The van der Waals surface area contributed by atoms with E-state index in [1.54, 1.807) is 7.11 Å². The number of rotatable bonds is 8. The molecule has 0 aliphatic carbocycles. The molecule has 4 aromatic rings. The second-order valence-corrected chi connectivity index (χ2v) is 10.0. The third kappa shape index (κ3) is 4.67. The normalized spacial score (nSPS) is 12.1. The molecule has 2 nitrogen and oxygen atoms in total. The van der Waals surface area contributed by atoms with Crippen molar-refractivity contribution in [1.29, 1.82) is 0 Å². The first-order chi connectivity index (χ1) is 15.6. The molecule has 2 aromatic heterocycles. The van der Waals surface area contributed by atoms with Gasteiger partial charge in [0, 0.05) is 50.8 Å². The molecule has 0 fully saturated rings. The van der Waals surface area contributed by atoms with Crippen molar-refractivity contribution in [2.45, 2.75) is 19.8 Å². The first-order valence-corrected chi connectivity index (χ1v) is 12.5. The fourth-order valence-corrected chi connectivity index (χ4v) is 6.10. The van der Waals surface area contributed by atoms with Gasteiger partial charge in [0.1, 0.15) is 0 Å². The van der Waals surface area contributed by atoms with Crippen LogP contribution in [-0.2, 0) is 4.74 Å². The van der Waals surface area contributed by atoms with Crippen molar-refractivity contribution in [2.24, 2.45) is 0 Å². The van der Waals surface area contributed by atoms with Gasteiger partial charge in [0.25, 0.3) is 0 Å². The van der Waals surface area contributed by atoms with E-state index in [1.807, 2.05) is 28.9 Å². The summed E-state index contributed by atoms with van der Waals surface area (Å²) in [5.41, 5.74) is 3.60. The van der Waals surface area contributed by atoms with Gasteiger partial charge in [0.15, 0.2) is 0 Å². The lowest BCUT2D eigenvalue weighted by atomic mass is 10.1. The summed E-state index contributed by atoms with van der Waals surface area (Å²) in [6, 6.07) is 22.0. The molecule has 0 bridgehead atoms. The third-order valence-electron chi connectivity index (χ3n) is 5.38. The van der Waals surface area contributed by atoms with Crippen molar-refractivity contribution < 1.29 is 4.74 Å². The van der Waals surface area contributed by atoms with Crippen LogP contribution < -0.4 is 4.90 Å². The van der Waals surface area contributed by atoms with Gasteiger partial charge >= 0.3 is 0 Å². The van der Waals surface area contributed by atoms with Gasteiger partial charge in [0.05, 0.1) is 18.2 Å². The van der Waals surface area contributed by atoms with Crippen molar-refractivity contribution >= 4 is 44.7 Å². The molecule has 2 heterocycles. The molecular weight excluding hydrogens is 430 g/mol. The Hall–Kier alpha value is -2.82. The van der Waals surface area contributed by atoms with Crippen LogP contribution in [0, 0.1) is 0 Å². The average molecular weight is 460 g/mol. The van der Waals surface area contributed by atoms with Gasteiger partial charge in [0.2, 0.25) is 0 Å². The minimum atomic E-state index is 1.07. The van der Waals surface area contributed by atoms with Crippen LogP contribution in [0.2, 0.25) is 0 Å². The molecule has 0 saturated carbocycles. The highest BCUT2D eigenvalue weighted by atomic mass is 32.1. The fraction of sp³-hybridized carbons (Fsp3) is 0.214. The fourth-order valence-electron chi connectivity index (χ4n) is 3.70. The van der Waals surface area contributed by atoms with Crippen molar-refractivity contribution in [1.82, 2.24) is 0 Å². The summed E-state index contributed by atoms with van der Waals surface area (Å²) in [5.74, 6) is 0. The molecule has 4 heteroatoms. The number of hydrogen-bond donors (Lipinski definition) is 0. The average Bonchev–Trinajstić information content (AvgIpc) is 3.44. The molecule has 0 spiro atoms. The molecule has 4 rings (SSSR count). The highest BCUT2D eigenvalue weighted by Gasteiger charge is 2.16. The van der Waals surface area contributed by atoms with Gasteiger partial charge in [-0.1, -0.05) is 61.9 Å². The molecule has 0 saturated heterocycles. The standard InChI is InChI=1S/C28H29NOS2/c1-5-6-7-10-21(19-30-4)25-17-18-26(31-25)28-24-12-9-8-11-23(24)27(32-28)20-13-15-22(16-14-20)29(2)3/h7-19H,5-6H2,1-4H3/b10-7-,21-19-. The Morgan fingerprint density at radius 1 is 0.906 bits per heavy atom. The number of hydrogen-bond acceptors (Lipinski definition) is 4. The lowest BCUT2D eigenvalue weighted by Crippen LogP contribution is -2.07. The Morgan fingerprint density at radius 2 is 1.62 bits per heavy atom. The van der Waals surface area contributed by atoms with Crippen molar-refractivity contribution in [2.75, 3.05) is 26.1 Å². The Morgan fingerprint density at radius 3 is 2.28 bits per heavy atom. The van der Waals surface area contributed by atoms with Crippen LogP contribution in [0.3, 0.4) is 0 Å². The number of anilines is 1. The zero-order valence-electron chi connectivity index (χ0n) is 19.1. The molecule has 0 radical (unpaired) electrons. The lowest BCUT2D eigenvalue weighted by molar-refractivity contribution is 0.340. The van der Waals surface area contributed by atoms with Crippen LogP contribution in [-0.4, -0.2) is 21.2 Å². The number of benzene rings is 2. The number of thiophene rings is 2. The van der Waals surface area contributed by atoms with E-state index in [0.717, 1.165) is 18.4 Å². The maximum absolute atomic E-state index is 5.36. The predicted molar refractivity (Wildman–Crippen MR) is 144 cm³/mol. The van der Waals surface area contributed by atoms with E-state index in [2.05, 4.69) is 98.7 Å². The monoisotopic (exact) mass is 459 g/mol. The second-order valence-electron chi connectivity index (χ2n) is 7.91. The van der Waals surface area contributed by atoms with Crippen LogP contribution in [0.4, 0.5) is 5.69 Å². The summed E-state index contributed by atoms with van der Waals surface area (Å²) < 4.78 is 5.36. The van der Waals surface area contributed by atoms with Crippen molar-refractivity contribution in [3.8, 4) is 20.2 Å². The smallest absolute Gasteiger partial charge is 0.0911 e. The summed E-state index contributed by atoms with van der Waals surface area (Å²) in [7, 11) is 5.86. The first kappa shape index (κ1) is 22.4. The molecule has 2 aromatic carbocycles. The minimum absolute atomic E-state index is 1.07. The molecule has 32 heavy (non-hydrogen) atoms. The van der Waals surface area contributed by atoms with Crippen LogP contribution in [0.5, 0.6) is 0 Å². The van der Waals surface area contributed by atoms with Crippen molar-refractivity contribution in [3.05, 3.63) is 84.0 Å². The summed E-state index contributed by atoms with van der Waals surface area (Å²) >= 11 is 3.71. The van der Waals surface area contributed by atoms with E-state index in [-0.39, 0.29) is 0 Å². The maximum Gasteiger partial charge on any atom is 0.0911 e. The molecule has 0 atom stereocenters. The quantitative estimate of drug-likeness (QED) is 0.193. The lowest BCUT2D eigenvalue weighted by Gasteiger charge is -2.12. The highest BCUT2D eigenvalue weighted by Crippen LogP contribution is 2.46. The Labute approximate surface area is 199 Å². The highest BCUT2D eigenvalue weighted by molar-refractivity contribution is 7.25. The van der Waals surface area contributed by atoms with E-state index in [9.17, 15) is 0 Å². The maximum atomic E-state index is 5.36. The minimum Gasteiger partial charge on any atom is -0.504 e. The number of methoxy groups -OCH3 is 1. The van der Waals surface area contributed by atoms with E-state index < -0.39 is 0 Å². The van der Waals surface area contributed by atoms with Gasteiger partial charge in [-0.3, -0.25) is 0 Å². The number of unbranched alkanes of at least 4 members (excludes halogenated alkanes) is 1. The van der Waals surface area contributed by atoms with Gasteiger partial charge in [-0.05, 0) is 36.2 Å². The topological polar surface area (TPSA) is 12.5 Å².